The number of quaternary nitrogens is 3. The third kappa shape index (κ3) is 4.61. The number of nitrogens with zero attached hydrogens (tertiary/aromatic N) is 8. The Bertz CT molecular complexity index is 477. The molecule has 3 atom stereocenters. The van der Waals surface area contributed by atoms with Gasteiger partial charge in [0.05, 0.1) is 15.6 Å². The summed E-state index contributed by atoms with van der Waals surface area (Å²) in [5.74, 6) is 26.8. The van der Waals surface area contributed by atoms with E-state index in [1.165, 1.54) is 0 Å². The van der Waals surface area contributed by atoms with Crippen molar-refractivity contribution < 1.29 is 69.8 Å². The lowest BCUT2D eigenvalue weighted by Crippen LogP contribution is -2.77. The zero-order chi connectivity index (χ0) is 18.5. The van der Waals surface area contributed by atoms with Gasteiger partial charge in [-0.2, -0.15) is 0 Å². The van der Waals surface area contributed by atoms with E-state index in [4.69, 9.17) is 44.0 Å². The van der Waals surface area contributed by atoms with Gasteiger partial charge in [0.2, 0.25) is 0 Å². The van der Waals surface area contributed by atoms with E-state index in [1.54, 1.807) is 0 Å². The first-order valence-corrected chi connectivity index (χ1v) is 5.59. The fourth-order valence-corrected chi connectivity index (χ4v) is 1.32. The zero-order valence-electron chi connectivity index (χ0n) is 12.0. The molecule has 146 valence electrons. The molecule has 6 fully saturated rings. The molecule has 25 heavy (non-hydrogen) atoms. The van der Waals surface area contributed by atoms with Crippen LogP contribution in [0.15, 0.2) is 0 Å². The fourth-order valence-electron chi connectivity index (χ4n) is 1.32. The smallest absolute Gasteiger partial charge is 0.213 e. The SMILES string of the molecule is CN1ON2ON3ON(N)O[N+](N)(ON(N)O3)O[N+](N)(O1)O[N+](N)(O)O2. The second-order valence-electron chi connectivity index (χ2n) is 3.92. The van der Waals surface area contributed by atoms with Crippen molar-refractivity contribution in [1.29, 1.82) is 0 Å². The van der Waals surface area contributed by atoms with E-state index in [-0.39, 0.29) is 21.5 Å². The van der Waals surface area contributed by atoms with Gasteiger partial charge in [-0.25, -0.2) is 11.7 Å². The maximum absolute atomic E-state index is 9.76. The van der Waals surface area contributed by atoms with Gasteiger partial charge < -0.3 is 0 Å². The standard InChI is InChI=1S/CH14N13O11/c1-7-16-11-19-10-17-8(2)21-13(5,22-9(3)18-10)25-14(6,20-7)24-12(4,15)23-11/h15H,2-6H2,1H3/q+3. The normalized spacial score (nSPS) is 48.6. The summed E-state index contributed by atoms with van der Waals surface area (Å²) in [5.41, 5.74) is 0. The van der Waals surface area contributed by atoms with Gasteiger partial charge in [-0.15, -0.1) is 20.0 Å². The van der Waals surface area contributed by atoms with Gasteiger partial charge in [0.25, 0.3) is 10.2 Å². The van der Waals surface area contributed by atoms with Crippen LogP contribution in [0.4, 0.5) is 0 Å². The highest BCUT2D eigenvalue weighted by Gasteiger charge is 2.64. The Morgan fingerprint density at radius 1 is 0.720 bits per heavy atom. The molecular weight excluding hydrogens is 370 g/mol. The van der Waals surface area contributed by atoms with Crippen molar-refractivity contribution in [2.75, 3.05) is 7.05 Å². The van der Waals surface area contributed by atoms with Crippen LogP contribution in [-0.2, 0) is 49.4 Å². The minimum atomic E-state index is -2.41. The maximum Gasteiger partial charge on any atom is 0.319 e. The average Bonchev–Trinajstić information content (AvgIpc) is 2.29. The molecule has 11 N–H and O–H groups in total. The second-order valence-corrected chi connectivity index (χ2v) is 3.92. The average molecular weight is 384 g/mol. The van der Waals surface area contributed by atoms with Gasteiger partial charge in [0.15, 0.2) is 15.3 Å². The maximum atomic E-state index is 9.76. The van der Waals surface area contributed by atoms with Gasteiger partial charge >= 0.3 is 5.08 Å². The summed E-state index contributed by atoms with van der Waals surface area (Å²) >= 11 is 0. The van der Waals surface area contributed by atoms with Gasteiger partial charge in [-0.1, -0.05) is 22.5 Å². The molecular formula is CH14N13O11+3. The molecule has 0 saturated carbocycles. The van der Waals surface area contributed by atoms with Crippen LogP contribution >= 0.6 is 0 Å². The van der Waals surface area contributed by atoms with E-state index in [2.05, 4.69) is 34.6 Å². The molecule has 24 heteroatoms. The topological polar surface area (TPSA) is 259 Å². The van der Waals surface area contributed by atoms with E-state index in [9.17, 15) is 5.21 Å². The van der Waals surface area contributed by atoms with Crippen LogP contribution in [0.3, 0.4) is 0 Å². The van der Waals surface area contributed by atoms with Crippen LogP contribution in [0, 0.1) is 0 Å². The first-order valence-electron chi connectivity index (χ1n) is 5.59. The van der Waals surface area contributed by atoms with Gasteiger partial charge in [-0.05, 0) is 0 Å². The highest BCUT2D eigenvalue weighted by atomic mass is 17.6. The summed E-state index contributed by atoms with van der Waals surface area (Å²) in [7, 11) is 1.07. The van der Waals surface area contributed by atoms with Crippen molar-refractivity contribution in [3.8, 4) is 0 Å². The molecule has 0 aromatic rings. The molecule has 6 heterocycles. The molecule has 0 radical (unpaired) electrons. The van der Waals surface area contributed by atoms with Crippen LogP contribution in [0.2, 0.25) is 0 Å². The zero-order valence-corrected chi connectivity index (χ0v) is 12.0. The molecule has 6 rings (SSSR count). The number of hydrazine groups is 2. The Hall–Kier alpha value is -0.960. The molecule has 6 aliphatic heterocycles. The highest BCUT2D eigenvalue weighted by Crippen LogP contribution is 2.24. The summed E-state index contributed by atoms with van der Waals surface area (Å²) < 4.78 is 0. The summed E-state index contributed by atoms with van der Waals surface area (Å²) in [6.07, 6.45) is 0. The number of hydroxylamine groups is 2. The summed E-state index contributed by atoms with van der Waals surface area (Å²) in [6, 6.07) is 0. The lowest BCUT2D eigenvalue weighted by Gasteiger charge is -2.35. The molecule has 0 aliphatic carbocycles. The third-order valence-electron chi connectivity index (χ3n) is 1.87. The van der Waals surface area contributed by atoms with Gasteiger partial charge in [0, 0.05) is 27.1 Å². The molecule has 0 spiro atoms. The Labute approximate surface area is 134 Å². The first-order chi connectivity index (χ1) is 11.5. The molecule has 0 aromatic carbocycles. The Morgan fingerprint density at radius 2 is 1.32 bits per heavy atom. The van der Waals surface area contributed by atoms with E-state index in [0.29, 0.717) is 5.23 Å². The lowest BCUT2D eigenvalue weighted by molar-refractivity contribution is -1.67. The quantitative estimate of drug-likeness (QED) is 0.167. The van der Waals surface area contributed by atoms with Crippen LogP contribution in [0.25, 0.3) is 0 Å². The summed E-state index contributed by atoms with van der Waals surface area (Å²) in [6.45, 7) is 0. The first kappa shape index (κ1) is 18.8. The number of nitrogens with two attached hydrogens (primary N) is 5. The highest BCUT2D eigenvalue weighted by molar-refractivity contribution is 3.86. The van der Waals surface area contributed by atoms with Crippen molar-refractivity contribution >= 4 is 0 Å². The van der Waals surface area contributed by atoms with E-state index < -0.39 is 15.2 Å². The van der Waals surface area contributed by atoms with Crippen molar-refractivity contribution in [1.82, 2.24) is 26.7 Å². The minimum Gasteiger partial charge on any atom is -0.213 e. The van der Waals surface area contributed by atoms with Crippen LogP contribution in [-0.4, -0.2) is 54.2 Å². The van der Waals surface area contributed by atoms with Crippen LogP contribution in [0.1, 0.15) is 0 Å². The predicted molar refractivity (Wildman–Crippen MR) is 49.5 cm³/mol. The third-order valence-corrected chi connectivity index (χ3v) is 1.87. The van der Waals surface area contributed by atoms with E-state index in [1.807, 2.05) is 0 Å². The molecule has 6 aliphatic rings. The molecule has 0 amide bonds. The number of rotatable bonds is 0. The fraction of sp³-hybridized carbons (Fsp3) is 1.00. The molecule has 4 bridgehead atoms. The van der Waals surface area contributed by atoms with Gasteiger partial charge in [0.1, 0.15) is 5.39 Å². The van der Waals surface area contributed by atoms with E-state index >= 15 is 0 Å². The number of hydrogen-bond donors (Lipinski definition) is 6. The van der Waals surface area contributed by atoms with E-state index in [0.717, 1.165) is 7.05 Å². The van der Waals surface area contributed by atoms with Crippen LogP contribution < -0.4 is 29.2 Å². The largest absolute Gasteiger partial charge is 0.319 e. The second kappa shape index (κ2) is 6.33. The Kier molecular flexibility index (Phi) is 4.77. The minimum absolute atomic E-state index is 0.0358. The van der Waals surface area contributed by atoms with Crippen molar-refractivity contribution in [3.05, 3.63) is 0 Å². The van der Waals surface area contributed by atoms with Crippen molar-refractivity contribution in [2.45, 2.75) is 0 Å². The monoisotopic (exact) mass is 384 g/mol. The Morgan fingerprint density at radius 3 is 1.92 bits per heavy atom. The Balaban J connectivity index is 2.01. The molecule has 3 unspecified atom stereocenters. The van der Waals surface area contributed by atoms with Crippen molar-refractivity contribution in [2.24, 2.45) is 29.2 Å². The molecule has 0 aromatic heterocycles. The molecule has 24 nitrogen and oxygen atoms in total. The van der Waals surface area contributed by atoms with Gasteiger partial charge in [-0.3, -0.25) is 0 Å². The number of hydrogen-bond acceptors (Lipinski definition) is 21. The molecule has 6 saturated heterocycles. The van der Waals surface area contributed by atoms with Crippen molar-refractivity contribution in [3.63, 3.8) is 0 Å². The van der Waals surface area contributed by atoms with Crippen LogP contribution in [0.5, 0.6) is 0 Å². The summed E-state index contributed by atoms with van der Waals surface area (Å²) in [5, 5.41) is 3.18. The predicted octanol–water partition coefficient (Wildman–Crippen LogP) is -6.16. The summed E-state index contributed by atoms with van der Waals surface area (Å²) in [4.78, 5) is 46.5. The lowest BCUT2D eigenvalue weighted by atomic mass is 11.5.